The van der Waals surface area contributed by atoms with E-state index < -0.39 is 0 Å². The van der Waals surface area contributed by atoms with Gasteiger partial charge in [0.15, 0.2) is 0 Å². The van der Waals surface area contributed by atoms with Gasteiger partial charge in [0.1, 0.15) is 0 Å². The highest BCUT2D eigenvalue weighted by Crippen LogP contribution is 2.22. The van der Waals surface area contributed by atoms with E-state index in [4.69, 9.17) is 0 Å². The van der Waals surface area contributed by atoms with Gasteiger partial charge in [0.25, 0.3) is 0 Å². The van der Waals surface area contributed by atoms with Crippen molar-refractivity contribution in [2.24, 2.45) is 0 Å². The van der Waals surface area contributed by atoms with E-state index in [1.165, 1.54) is 55.5 Å². The van der Waals surface area contributed by atoms with Crippen molar-refractivity contribution in [2.45, 2.75) is 45.4 Å². The number of aryl methyl sites for hydroxylation is 1. The number of rotatable bonds is 7. The van der Waals surface area contributed by atoms with Crippen LogP contribution in [-0.4, -0.2) is 19.6 Å². The number of anilines is 1. The highest BCUT2D eigenvalue weighted by Gasteiger charge is 2.08. The van der Waals surface area contributed by atoms with E-state index >= 15 is 0 Å². The summed E-state index contributed by atoms with van der Waals surface area (Å²) in [4.78, 5) is 0. The fourth-order valence-electron chi connectivity index (χ4n) is 2.54. The molecule has 0 aromatic heterocycles. The molecule has 2 nitrogen and oxygen atoms in total. The third-order valence-electron chi connectivity index (χ3n) is 3.66. The molecule has 2 heteroatoms. The second-order valence-electron chi connectivity index (χ2n) is 5.23. The zero-order valence-corrected chi connectivity index (χ0v) is 11.6. The summed E-state index contributed by atoms with van der Waals surface area (Å²) in [6.45, 7) is 5.66. The lowest BCUT2D eigenvalue weighted by atomic mass is 9.99. The summed E-state index contributed by atoms with van der Waals surface area (Å²) in [5, 5.41) is 7.00. The first-order chi connectivity index (χ1) is 8.90. The van der Waals surface area contributed by atoms with Crippen LogP contribution in [0, 0.1) is 0 Å². The second-order valence-corrected chi connectivity index (χ2v) is 5.23. The van der Waals surface area contributed by atoms with Gasteiger partial charge in [-0.25, -0.2) is 0 Å². The molecule has 0 amide bonds. The molecular weight excluding hydrogens is 220 g/mol. The molecule has 0 saturated heterocycles. The summed E-state index contributed by atoms with van der Waals surface area (Å²) in [6.07, 6.45) is 7.62. The Hall–Kier alpha value is -1.02. The van der Waals surface area contributed by atoms with Crippen LogP contribution < -0.4 is 10.6 Å². The zero-order chi connectivity index (χ0) is 12.6. The van der Waals surface area contributed by atoms with Crippen molar-refractivity contribution < 1.29 is 0 Å². The molecule has 0 spiro atoms. The van der Waals surface area contributed by atoms with Crippen molar-refractivity contribution in [2.75, 3.05) is 25.0 Å². The average Bonchev–Trinajstić information content (AvgIpc) is 2.42. The lowest BCUT2D eigenvalue weighted by Crippen LogP contribution is -2.18. The lowest BCUT2D eigenvalue weighted by Gasteiger charge is -2.18. The minimum atomic E-state index is 1.11. The van der Waals surface area contributed by atoms with Gasteiger partial charge < -0.3 is 10.6 Å². The minimum Gasteiger partial charge on any atom is -0.385 e. The minimum absolute atomic E-state index is 1.11. The summed E-state index contributed by atoms with van der Waals surface area (Å²) < 4.78 is 0. The number of benzene rings is 1. The van der Waals surface area contributed by atoms with E-state index in [1.807, 2.05) is 0 Å². The number of hydrogen-bond acceptors (Lipinski definition) is 2. The molecule has 2 rings (SSSR count). The summed E-state index contributed by atoms with van der Waals surface area (Å²) in [6, 6.07) is 6.90. The lowest BCUT2D eigenvalue weighted by molar-refractivity contribution is 0.616. The zero-order valence-electron chi connectivity index (χ0n) is 11.6. The highest BCUT2D eigenvalue weighted by molar-refractivity contribution is 5.54. The second kappa shape index (κ2) is 7.42. The first-order valence-corrected chi connectivity index (χ1v) is 7.46. The van der Waals surface area contributed by atoms with Gasteiger partial charge in [-0.2, -0.15) is 0 Å². The average molecular weight is 246 g/mol. The highest BCUT2D eigenvalue weighted by atomic mass is 14.9. The van der Waals surface area contributed by atoms with Crippen LogP contribution in [0.15, 0.2) is 18.2 Å². The third-order valence-corrected chi connectivity index (χ3v) is 3.66. The molecular formula is C16H26N2. The summed E-state index contributed by atoms with van der Waals surface area (Å²) in [5.41, 5.74) is 4.33. The molecule has 0 aliphatic carbocycles. The van der Waals surface area contributed by atoms with Gasteiger partial charge in [0, 0.05) is 12.2 Å². The monoisotopic (exact) mass is 246 g/mol. The molecule has 0 bridgehead atoms. The van der Waals surface area contributed by atoms with Crippen molar-refractivity contribution >= 4 is 5.69 Å². The van der Waals surface area contributed by atoms with Crippen LogP contribution in [-0.2, 0) is 12.8 Å². The van der Waals surface area contributed by atoms with Crippen molar-refractivity contribution in [3.8, 4) is 0 Å². The molecule has 1 aliphatic rings. The largest absolute Gasteiger partial charge is 0.385 e. The first-order valence-electron chi connectivity index (χ1n) is 7.46. The van der Waals surface area contributed by atoms with Crippen LogP contribution in [0.25, 0.3) is 0 Å². The number of unbranched alkanes of at least 4 members (excludes halogenated alkanes) is 2. The van der Waals surface area contributed by atoms with E-state index in [-0.39, 0.29) is 0 Å². The predicted molar refractivity (Wildman–Crippen MR) is 79.4 cm³/mol. The number of nitrogens with one attached hydrogen (secondary N) is 2. The maximum Gasteiger partial charge on any atom is 0.0372 e. The molecule has 18 heavy (non-hydrogen) atoms. The van der Waals surface area contributed by atoms with Crippen molar-refractivity contribution in [1.82, 2.24) is 5.32 Å². The molecule has 0 unspecified atom stereocenters. The molecule has 1 aromatic carbocycles. The van der Waals surface area contributed by atoms with Crippen molar-refractivity contribution in [3.05, 3.63) is 29.3 Å². The molecule has 1 aliphatic heterocycles. The molecule has 0 radical (unpaired) electrons. The SMILES string of the molecule is CCCCCNCCc1ccc2c(c1)CCCN2. The molecule has 1 aromatic rings. The third kappa shape index (κ3) is 4.02. The Morgan fingerprint density at radius 3 is 3.06 bits per heavy atom. The van der Waals surface area contributed by atoms with E-state index in [0.717, 1.165) is 19.5 Å². The molecule has 2 N–H and O–H groups in total. The van der Waals surface area contributed by atoms with Gasteiger partial charge in [-0.1, -0.05) is 31.9 Å². The van der Waals surface area contributed by atoms with Gasteiger partial charge >= 0.3 is 0 Å². The maximum atomic E-state index is 3.53. The van der Waals surface area contributed by atoms with Crippen LogP contribution in [0.5, 0.6) is 0 Å². The van der Waals surface area contributed by atoms with Crippen LogP contribution in [0.1, 0.15) is 43.7 Å². The number of hydrogen-bond donors (Lipinski definition) is 2. The smallest absolute Gasteiger partial charge is 0.0372 e. The Kier molecular flexibility index (Phi) is 5.53. The van der Waals surface area contributed by atoms with Crippen LogP contribution in [0.3, 0.4) is 0 Å². The number of fused-ring (bicyclic) bond motifs is 1. The summed E-state index contributed by atoms with van der Waals surface area (Å²) in [5.74, 6) is 0. The fourth-order valence-corrected chi connectivity index (χ4v) is 2.54. The van der Waals surface area contributed by atoms with Gasteiger partial charge in [-0.15, -0.1) is 0 Å². The van der Waals surface area contributed by atoms with Crippen molar-refractivity contribution in [3.63, 3.8) is 0 Å². The maximum absolute atomic E-state index is 3.53. The van der Waals surface area contributed by atoms with E-state index in [2.05, 4.69) is 35.8 Å². The standard InChI is InChI=1S/C16H26N2/c1-2-3-4-10-17-12-9-14-7-8-16-15(13-14)6-5-11-18-16/h7-8,13,17-18H,2-6,9-12H2,1H3. The molecule has 0 atom stereocenters. The van der Waals surface area contributed by atoms with Gasteiger partial charge in [-0.3, -0.25) is 0 Å². The van der Waals surface area contributed by atoms with Gasteiger partial charge in [-0.05, 0) is 56.0 Å². The van der Waals surface area contributed by atoms with E-state index in [9.17, 15) is 0 Å². The van der Waals surface area contributed by atoms with E-state index in [1.54, 1.807) is 0 Å². The first kappa shape index (κ1) is 13.4. The van der Waals surface area contributed by atoms with Crippen molar-refractivity contribution in [1.29, 1.82) is 0 Å². The Morgan fingerprint density at radius 1 is 1.22 bits per heavy atom. The quantitative estimate of drug-likeness (QED) is 0.721. The summed E-state index contributed by atoms with van der Waals surface area (Å²) >= 11 is 0. The summed E-state index contributed by atoms with van der Waals surface area (Å²) in [7, 11) is 0. The van der Waals surface area contributed by atoms with E-state index in [0.29, 0.717) is 0 Å². The Morgan fingerprint density at radius 2 is 2.17 bits per heavy atom. The van der Waals surface area contributed by atoms with Gasteiger partial charge in [0.05, 0.1) is 0 Å². The molecule has 100 valence electrons. The Bertz CT molecular complexity index is 360. The van der Waals surface area contributed by atoms with Crippen LogP contribution in [0.2, 0.25) is 0 Å². The Balaban J connectivity index is 1.72. The van der Waals surface area contributed by atoms with Crippen LogP contribution >= 0.6 is 0 Å². The molecule has 0 fully saturated rings. The fraction of sp³-hybridized carbons (Fsp3) is 0.625. The van der Waals surface area contributed by atoms with Crippen LogP contribution in [0.4, 0.5) is 5.69 Å². The topological polar surface area (TPSA) is 24.1 Å². The normalized spacial score (nSPS) is 14.1. The molecule has 1 heterocycles. The Labute approximate surface area is 111 Å². The predicted octanol–water partition coefficient (Wildman–Crippen LogP) is 3.37. The molecule has 0 saturated carbocycles. The van der Waals surface area contributed by atoms with Gasteiger partial charge in [0.2, 0.25) is 0 Å².